The Morgan fingerprint density at radius 2 is 1.84 bits per heavy atom. The number of rotatable bonds is 8. The molecule has 0 radical (unpaired) electrons. The van der Waals surface area contributed by atoms with Crippen molar-refractivity contribution in [3.05, 3.63) is 106 Å². The fourth-order valence-corrected chi connectivity index (χ4v) is 5.16. The number of thiocarbonyl (C=S) groups is 1. The molecule has 0 aromatic heterocycles. The van der Waals surface area contributed by atoms with Gasteiger partial charge in [-0.3, -0.25) is 10.1 Å². The fraction of sp³-hybridized carbons (Fsp3) is 0.286. The molecule has 1 heterocycles. The molecule has 1 saturated heterocycles. The van der Waals surface area contributed by atoms with Crippen molar-refractivity contribution >= 4 is 39.2 Å². The number of aliphatic hydroxyl groups excluding tert-OH is 1. The Kier molecular flexibility index (Phi) is 9.39. The van der Waals surface area contributed by atoms with Crippen molar-refractivity contribution in [3.63, 3.8) is 0 Å². The highest BCUT2D eigenvalue weighted by Crippen LogP contribution is 2.40. The number of benzene rings is 3. The van der Waals surface area contributed by atoms with Crippen molar-refractivity contribution in [1.82, 2.24) is 10.6 Å². The summed E-state index contributed by atoms with van der Waals surface area (Å²) in [5, 5.41) is 16.2. The first-order valence-electron chi connectivity index (χ1n) is 11.9. The van der Waals surface area contributed by atoms with Crippen molar-refractivity contribution in [3.8, 4) is 0 Å². The average Bonchev–Trinajstić information content (AvgIpc) is 2.91. The lowest BCUT2D eigenvalue weighted by molar-refractivity contribution is -0.111. The smallest absolute Gasteiger partial charge is 0.257 e. The van der Waals surface area contributed by atoms with Crippen LogP contribution in [0.2, 0.25) is 0 Å². The van der Waals surface area contributed by atoms with E-state index in [-0.39, 0.29) is 30.0 Å². The van der Waals surface area contributed by atoms with E-state index in [2.05, 4.69) is 26.6 Å². The standard InChI is InChI=1S/C28H28BrFN2O4S/c29-22-11-12-25(30)24(14-22)28(32-27(37)31-26(34)20-9-5-2-6-10-20)18-36-23(13-21(28)15-33)17-35-16-19-7-3-1-4-8-19/h1-12,14,21,23,33H,13,15-18H2,(H2,31,32,34,37)/t21?,23?,28-/m0/s1. The van der Waals surface area contributed by atoms with Gasteiger partial charge in [0.25, 0.3) is 5.91 Å². The van der Waals surface area contributed by atoms with E-state index >= 15 is 4.39 Å². The van der Waals surface area contributed by atoms with Crippen LogP contribution < -0.4 is 10.6 Å². The highest BCUT2D eigenvalue weighted by molar-refractivity contribution is 9.10. The highest BCUT2D eigenvalue weighted by Gasteiger charge is 2.48. The fourth-order valence-electron chi connectivity index (χ4n) is 4.52. The van der Waals surface area contributed by atoms with E-state index in [9.17, 15) is 9.90 Å². The van der Waals surface area contributed by atoms with Crippen LogP contribution in [-0.2, 0) is 21.6 Å². The van der Waals surface area contributed by atoms with Crippen molar-refractivity contribution < 1.29 is 23.8 Å². The predicted octanol–water partition coefficient (Wildman–Crippen LogP) is 4.70. The van der Waals surface area contributed by atoms with Crippen LogP contribution in [-0.4, -0.2) is 42.1 Å². The van der Waals surface area contributed by atoms with Crippen LogP contribution >= 0.6 is 28.1 Å². The number of carbonyl (C=O) groups is 1. The second-order valence-corrected chi connectivity index (χ2v) is 10.2. The first-order valence-corrected chi connectivity index (χ1v) is 13.1. The molecule has 2 unspecified atom stereocenters. The van der Waals surface area contributed by atoms with Gasteiger partial charge in [0, 0.05) is 28.1 Å². The summed E-state index contributed by atoms with van der Waals surface area (Å²) in [5.41, 5.74) is 0.535. The first kappa shape index (κ1) is 27.3. The number of ether oxygens (including phenoxy) is 2. The van der Waals surface area contributed by atoms with Crippen LogP contribution in [0.1, 0.15) is 27.9 Å². The SMILES string of the molecule is O=C(NC(=S)N[C@@]1(c2cc(Br)ccc2F)COC(COCc2ccccc2)CC1CO)c1ccccc1. The third-order valence-electron chi connectivity index (χ3n) is 6.44. The van der Waals surface area contributed by atoms with Gasteiger partial charge in [0.2, 0.25) is 0 Å². The molecule has 37 heavy (non-hydrogen) atoms. The summed E-state index contributed by atoms with van der Waals surface area (Å²) in [5.74, 6) is -1.36. The largest absolute Gasteiger partial charge is 0.396 e. The lowest BCUT2D eigenvalue weighted by Gasteiger charge is -2.47. The van der Waals surface area contributed by atoms with E-state index in [0.717, 1.165) is 5.56 Å². The summed E-state index contributed by atoms with van der Waals surface area (Å²) in [6.07, 6.45) is 0.0814. The summed E-state index contributed by atoms with van der Waals surface area (Å²) in [6.45, 7) is 0.500. The van der Waals surface area contributed by atoms with Crippen molar-refractivity contribution in [2.24, 2.45) is 5.92 Å². The lowest BCUT2D eigenvalue weighted by Crippen LogP contribution is -2.62. The van der Waals surface area contributed by atoms with Gasteiger partial charge in [0.15, 0.2) is 5.11 Å². The normalized spacial score (nSPS) is 21.3. The van der Waals surface area contributed by atoms with E-state index in [4.69, 9.17) is 21.7 Å². The molecule has 1 amide bonds. The van der Waals surface area contributed by atoms with Crippen LogP contribution in [0.3, 0.4) is 0 Å². The monoisotopic (exact) mass is 586 g/mol. The number of hydrogen-bond donors (Lipinski definition) is 3. The summed E-state index contributed by atoms with van der Waals surface area (Å²) < 4.78 is 27.9. The Hall–Kier alpha value is -2.69. The van der Waals surface area contributed by atoms with Crippen molar-refractivity contribution in [2.75, 3.05) is 19.8 Å². The van der Waals surface area contributed by atoms with Gasteiger partial charge in [-0.15, -0.1) is 0 Å². The average molecular weight is 588 g/mol. The van der Waals surface area contributed by atoms with Crippen molar-refractivity contribution in [2.45, 2.75) is 24.7 Å². The van der Waals surface area contributed by atoms with Gasteiger partial charge in [-0.2, -0.15) is 0 Å². The van der Waals surface area contributed by atoms with Crippen molar-refractivity contribution in [1.29, 1.82) is 0 Å². The molecular formula is C28H28BrFN2O4S. The predicted molar refractivity (Wildman–Crippen MR) is 146 cm³/mol. The molecule has 0 aliphatic carbocycles. The molecule has 0 bridgehead atoms. The molecule has 3 N–H and O–H groups in total. The van der Waals surface area contributed by atoms with Gasteiger partial charge < -0.3 is 19.9 Å². The Balaban J connectivity index is 1.52. The number of hydrogen-bond acceptors (Lipinski definition) is 5. The van der Waals surface area contributed by atoms with Gasteiger partial charge in [0.05, 0.1) is 31.5 Å². The van der Waals surface area contributed by atoms with Crippen LogP contribution in [0.25, 0.3) is 0 Å². The third-order valence-corrected chi connectivity index (χ3v) is 7.13. The molecule has 194 valence electrons. The zero-order valence-corrected chi connectivity index (χ0v) is 22.4. The molecule has 6 nitrogen and oxygen atoms in total. The third kappa shape index (κ3) is 6.80. The van der Waals surface area contributed by atoms with Gasteiger partial charge >= 0.3 is 0 Å². The molecule has 3 aromatic rings. The summed E-state index contributed by atoms with van der Waals surface area (Å²) in [6, 6.07) is 23.0. The second-order valence-electron chi connectivity index (χ2n) is 8.92. The Labute approximate surface area is 229 Å². The lowest BCUT2D eigenvalue weighted by atomic mass is 9.74. The quantitative estimate of drug-likeness (QED) is 0.332. The minimum Gasteiger partial charge on any atom is -0.396 e. The molecule has 4 rings (SSSR count). The van der Waals surface area contributed by atoms with Gasteiger partial charge in [-0.25, -0.2) is 4.39 Å². The van der Waals surface area contributed by atoms with Crippen LogP contribution in [0.4, 0.5) is 4.39 Å². The second kappa shape index (κ2) is 12.7. The Bertz CT molecular complexity index is 1220. The molecule has 0 spiro atoms. The minimum absolute atomic E-state index is 0.00626. The zero-order chi connectivity index (χ0) is 26.3. The number of carbonyl (C=O) groups excluding carboxylic acids is 1. The van der Waals surface area contributed by atoms with Gasteiger partial charge in [-0.05, 0) is 54.5 Å². The van der Waals surface area contributed by atoms with Crippen LogP contribution in [0.5, 0.6) is 0 Å². The zero-order valence-electron chi connectivity index (χ0n) is 20.0. The summed E-state index contributed by atoms with van der Waals surface area (Å²) in [4.78, 5) is 12.7. The number of nitrogens with one attached hydrogen (secondary N) is 2. The molecule has 1 aliphatic rings. The number of amides is 1. The van der Waals surface area contributed by atoms with E-state index in [1.54, 1.807) is 36.4 Å². The van der Waals surface area contributed by atoms with E-state index in [1.165, 1.54) is 6.07 Å². The molecule has 3 aromatic carbocycles. The molecule has 1 aliphatic heterocycles. The molecular weight excluding hydrogens is 559 g/mol. The molecule has 0 saturated carbocycles. The molecule has 3 atom stereocenters. The number of aliphatic hydroxyl groups is 1. The Morgan fingerprint density at radius 1 is 1.14 bits per heavy atom. The number of halogens is 2. The van der Waals surface area contributed by atoms with Crippen LogP contribution in [0.15, 0.2) is 83.3 Å². The summed E-state index contributed by atoms with van der Waals surface area (Å²) >= 11 is 8.89. The van der Waals surface area contributed by atoms with E-state index in [0.29, 0.717) is 29.7 Å². The van der Waals surface area contributed by atoms with Crippen LogP contribution in [0, 0.1) is 11.7 Å². The van der Waals surface area contributed by atoms with Gasteiger partial charge in [0.1, 0.15) is 5.82 Å². The highest BCUT2D eigenvalue weighted by atomic mass is 79.9. The maximum atomic E-state index is 15.2. The van der Waals surface area contributed by atoms with E-state index in [1.807, 2.05) is 36.4 Å². The topological polar surface area (TPSA) is 79.8 Å². The maximum Gasteiger partial charge on any atom is 0.257 e. The Morgan fingerprint density at radius 3 is 2.54 bits per heavy atom. The van der Waals surface area contributed by atoms with Gasteiger partial charge in [-0.1, -0.05) is 64.5 Å². The minimum atomic E-state index is -1.22. The summed E-state index contributed by atoms with van der Waals surface area (Å²) in [7, 11) is 0. The molecule has 9 heteroatoms. The van der Waals surface area contributed by atoms with E-state index < -0.39 is 23.2 Å². The maximum absolute atomic E-state index is 15.2. The first-order chi connectivity index (χ1) is 17.9. The molecule has 1 fully saturated rings.